The van der Waals surface area contributed by atoms with Gasteiger partial charge in [0.25, 0.3) is 11.9 Å². The number of nitrogens with one attached hydrogen (secondary N) is 1. The predicted octanol–water partition coefficient (Wildman–Crippen LogP) is 0.856. The molecule has 0 unspecified atom stereocenters. The Hall–Kier alpha value is -2.44. The van der Waals surface area contributed by atoms with Crippen LogP contribution >= 0.6 is 0 Å². The quantitative estimate of drug-likeness (QED) is 0.615. The Morgan fingerprint density at radius 3 is 2.45 bits per heavy atom. The molecule has 0 amide bonds. The zero-order valence-corrected chi connectivity index (χ0v) is 10.8. The second kappa shape index (κ2) is 4.59. The van der Waals surface area contributed by atoms with Crippen molar-refractivity contribution in [3.05, 3.63) is 31.1 Å². The Morgan fingerprint density at radius 2 is 1.80 bits per heavy atom. The van der Waals surface area contributed by atoms with Crippen LogP contribution in [0.5, 0.6) is 0 Å². The summed E-state index contributed by atoms with van der Waals surface area (Å²) in [5.74, 6) is -0.874. The number of hydrogen-bond acceptors (Lipinski definition) is 5. The number of carbonyl (C=O) groups excluding carboxylic acids is 2. The zero-order chi connectivity index (χ0) is 14.2. The molecule has 0 saturated carbocycles. The van der Waals surface area contributed by atoms with Gasteiger partial charge in [-0.15, -0.1) is 0 Å². The molecule has 7 heteroatoms. The van der Waals surface area contributed by atoms with Gasteiger partial charge in [0.05, 0.1) is 16.8 Å². The molecule has 1 aliphatic rings. The lowest BCUT2D eigenvalue weighted by Gasteiger charge is -2.30. The highest BCUT2D eigenvalue weighted by Gasteiger charge is 2.45. The molecule has 2 aromatic rings. The number of para-hydroxylation sites is 2. The Balaban J connectivity index is 2.02. The van der Waals surface area contributed by atoms with Crippen LogP contribution in [-0.4, -0.2) is 28.5 Å². The SMILES string of the molecule is [CH2+][B-]1(c2nc3ccccc3[nH]2)OC(=O)CCCC(=O)O1. The standard InChI is InChI=1S/C13H13BN2O4/c1-14(19-11(17)7-4-8-12(18)20-14)13-15-9-5-2-3-6-10(9)16-13/h2-3,5-6H,1,4,7-8H2,(H,15,16). The van der Waals surface area contributed by atoms with Crippen LogP contribution in [0.3, 0.4) is 0 Å². The second-order valence-electron chi connectivity index (χ2n) is 4.84. The van der Waals surface area contributed by atoms with Gasteiger partial charge in [-0.25, -0.2) is 0 Å². The molecule has 0 bridgehead atoms. The third kappa shape index (κ3) is 2.22. The highest BCUT2D eigenvalue weighted by molar-refractivity contribution is 6.83. The van der Waals surface area contributed by atoms with Gasteiger partial charge in [-0.05, 0) is 25.4 Å². The molecule has 20 heavy (non-hydrogen) atoms. The molecule has 0 aliphatic carbocycles. The van der Waals surface area contributed by atoms with Crippen LogP contribution in [-0.2, 0) is 18.9 Å². The molecule has 1 aromatic carbocycles. The van der Waals surface area contributed by atoms with Crippen LogP contribution < -0.4 is 5.72 Å². The van der Waals surface area contributed by atoms with E-state index in [1.54, 1.807) is 6.07 Å². The number of aromatic amines is 1. The van der Waals surface area contributed by atoms with E-state index in [1.165, 1.54) is 0 Å². The third-order valence-corrected chi connectivity index (χ3v) is 3.23. The van der Waals surface area contributed by atoms with Gasteiger partial charge in [0, 0.05) is 12.8 Å². The van der Waals surface area contributed by atoms with Crippen molar-refractivity contribution < 1.29 is 18.9 Å². The number of H-pyrrole nitrogens is 1. The molecule has 2 heterocycles. The van der Waals surface area contributed by atoms with Crippen LogP contribution in [0.15, 0.2) is 24.3 Å². The van der Waals surface area contributed by atoms with Crippen LogP contribution in [0.2, 0.25) is 0 Å². The average Bonchev–Trinajstić information content (AvgIpc) is 2.81. The van der Waals surface area contributed by atoms with E-state index in [2.05, 4.69) is 16.8 Å². The monoisotopic (exact) mass is 272 g/mol. The summed E-state index contributed by atoms with van der Waals surface area (Å²) in [7, 11) is 0. The van der Waals surface area contributed by atoms with Crippen molar-refractivity contribution in [3.63, 3.8) is 0 Å². The average molecular weight is 272 g/mol. The molecule has 1 aromatic heterocycles. The van der Waals surface area contributed by atoms with E-state index < -0.39 is 18.5 Å². The first-order chi connectivity index (χ1) is 9.57. The molecular weight excluding hydrogens is 259 g/mol. The maximum atomic E-state index is 11.7. The third-order valence-electron chi connectivity index (χ3n) is 3.23. The normalized spacial score (nSPS) is 19.0. The minimum absolute atomic E-state index is 0.175. The Morgan fingerprint density at radius 1 is 1.15 bits per heavy atom. The van der Waals surface area contributed by atoms with Gasteiger partial charge in [-0.3, -0.25) is 14.6 Å². The molecule has 1 fully saturated rings. The molecular formula is C13H13BN2O4. The fourth-order valence-corrected chi connectivity index (χ4v) is 2.24. The summed E-state index contributed by atoms with van der Waals surface area (Å²) in [6.45, 7) is 1.27. The molecule has 1 aliphatic heterocycles. The van der Waals surface area contributed by atoms with Gasteiger partial charge < -0.3 is 14.3 Å². The van der Waals surface area contributed by atoms with E-state index >= 15 is 0 Å². The van der Waals surface area contributed by atoms with Crippen molar-refractivity contribution in [3.8, 4) is 0 Å². The van der Waals surface area contributed by atoms with E-state index in [0.29, 0.717) is 11.9 Å². The Bertz CT molecular complexity index is 631. The van der Waals surface area contributed by atoms with E-state index in [-0.39, 0.29) is 18.6 Å². The maximum absolute atomic E-state index is 11.7. The van der Waals surface area contributed by atoms with Crippen LogP contribution in [0, 0.1) is 6.82 Å². The van der Waals surface area contributed by atoms with Gasteiger partial charge >= 0.3 is 6.55 Å². The lowest BCUT2D eigenvalue weighted by molar-refractivity contribution is -0.143. The van der Waals surface area contributed by atoms with Crippen molar-refractivity contribution in [2.24, 2.45) is 0 Å². The predicted molar refractivity (Wildman–Crippen MR) is 72.9 cm³/mol. The fourth-order valence-electron chi connectivity index (χ4n) is 2.24. The first-order valence-electron chi connectivity index (χ1n) is 6.47. The number of aromatic nitrogens is 2. The molecule has 6 nitrogen and oxygen atoms in total. The van der Waals surface area contributed by atoms with Gasteiger partial charge in [0.15, 0.2) is 0 Å². The number of fused-ring (bicyclic) bond motifs is 1. The minimum atomic E-state index is -2.51. The van der Waals surface area contributed by atoms with E-state index in [0.717, 1.165) is 5.52 Å². The summed E-state index contributed by atoms with van der Waals surface area (Å²) >= 11 is 0. The van der Waals surface area contributed by atoms with Crippen LogP contribution in [0.25, 0.3) is 11.0 Å². The molecule has 102 valence electrons. The van der Waals surface area contributed by atoms with Gasteiger partial charge in [0.2, 0.25) is 0 Å². The number of hydrogen-bond donors (Lipinski definition) is 1. The molecule has 1 N–H and O–H groups in total. The number of carbonyl (C=O) groups is 2. The van der Waals surface area contributed by atoms with Crippen molar-refractivity contribution in [1.82, 2.24) is 9.97 Å². The largest absolute Gasteiger partial charge is 0.615 e. The Labute approximate surface area is 115 Å². The number of benzene rings is 1. The summed E-state index contributed by atoms with van der Waals surface area (Å²) in [5.41, 5.74) is 1.72. The highest BCUT2D eigenvalue weighted by atomic mass is 16.7. The van der Waals surface area contributed by atoms with Gasteiger partial charge in [0.1, 0.15) is 0 Å². The lowest BCUT2D eigenvalue weighted by Crippen LogP contribution is -2.56. The van der Waals surface area contributed by atoms with Gasteiger partial charge in [-0.1, -0.05) is 12.1 Å². The smallest absolute Gasteiger partial charge is 0.611 e. The molecule has 0 spiro atoms. The number of rotatable bonds is 1. The topological polar surface area (TPSA) is 81.3 Å². The van der Waals surface area contributed by atoms with Gasteiger partial charge in [-0.2, -0.15) is 0 Å². The van der Waals surface area contributed by atoms with E-state index in [4.69, 9.17) is 9.31 Å². The first-order valence-corrected chi connectivity index (χ1v) is 6.47. The molecule has 0 radical (unpaired) electrons. The Kier molecular flexibility index (Phi) is 2.89. The summed E-state index contributed by atoms with van der Waals surface area (Å²) < 4.78 is 10.5. The second-order valence-corrected chi connectivity index (χ2v) is 4.84. The summed E-state index contributed by atoms with van der Waals surface area (Å²) in [4.78, 5) is 30.6. The highest BCUT2D eigenvalue weighted by Crippen LogP contribution is 2.16. The molecule has 3 rings (SSSR count). The first kappa shape index (κ1) is 12.6. The van der Waals surface area contributed by atoms with E-state index in [9.17, 15) is 9.59 Å². The van der Waals surface area contributed by atoms with Crippen LogP contribution in [0.4, 0.5) is 0 Å². The summed E-state index contributed by atoms with van der Waals surface area (Å²) in [6, 6.07) is 7.33. The van der Waals surface area contributed by atoms with Crippen molar-refractivity contribution in [1.29, 1.82) is 0 Å². The minimum Gasteiger partial charge on any atom is -0.611 e. The summed E-state index contributed by atoms with van der Waals surface area (Å²) in [5, 5.41) is 0. The fraction of sp³-hybridized carbons (Fsp3) is 0.231. The van der Waals surface area contributed by atoms with Crippen molar-refractivity contribution >= 4 is 35.2 Å². The van der Waals surface area contributed by atoms with Crippen molar-refractivity contribution in [2.45, 2.75) is 19.3 Å². The lowest BCUT2D eigenvalue weighted by atomic mass is 9.58. The van der Waals surface area contributed by atoms with Crippen LogP contribution in [0.1, 0.15) is 19.3 Å². The van der Waals surface area contributed by atoms with Crippen molar-refractivity contribution in [2.75, 3.05) is 0 Å². The zero-order valence-electron chi connectivity index (χ0n) is 10.8. The van der Waals surface area contributed by atoms with E-state index in [1.807, 2.05) is 18.2 Å². The summed E-state index contributed by atoms with van der Waals surface area (Å²) in [6.07, 6.45) is 0.770. The maximum Gasteiger partial charge on any atom is 0.615 e. The molecule has 1 saturated heterocycles. The number of nitrogens with zero attached hydrogens (tertiary/aromatic N) is 1. The number of imidazole rings is 1. The molecule has 0 atom stereocenters.